The van der Waals surface area contributed by atoms with Crippen LogP contribution in [0.2, 0.25) is 0 Å². The number of aryl methyl sites for hydroxylation is 1. The summed E-state index contributed by atoms with van der Waals surface area (Å²) in [6.45, 7) is 9.95. The van der Waals surface area contributed by atoms with Crippen LogP contribution in [0.3, 0.4) is 0 Å². The molecule has 18 heavy (non-hydrogen) atoms. The SMILES string of the molecule is Cc1cccnc1CN(C)CCN1CCNCC1. The van der Waals surface area contributed by atoms with E-state index in [2.05, 4.69) is 40.1 Å². The van der Waals surface area contributed by atoms with Gasteiger partial charge in [-0.25, -0.2) is 0 Å². The van der Waals surface area contributed by atoms with Crippen molar-refractivity contribution >= 4 is 0 Å². The summed E-state index contributed by atoms with van der Waals surface area (Å²) in [4.78, 5) is 9.33. The summed E-state index contributed by atoms with van der Waals surface area (Å²) in [5.41, 5.74) is 2.48. The molecule has 0 amide bonds. The third-order valence-corrected chi connectivity index (χ3v) is 3.55. The predicted octanol–water partition coefficient (Wildman–Crippen LogP) is 0.727. The van der Waals surface area contributed by atoms with Crippen LogP contribution >= 0.6 is 0 Å². The molecule has 0 bridgehead atoms. The van der Waals surface area contributed by atoms with Crippen molar-refractivity contribution in [3.63, 3.8) is 0 Å². The largest absolute Gasteiger partial charge is 0.314 e. The minimum absolute atomic E-state index is 0.943. The molecule has 100 valence electrons. The van der Waals surface area contributed by atoms with Gasteiger partial charge in [0.15, 0.2) is 0 Å². The van der Waals surface area contributed by atoms with Crippen LogP contribution in [0.4, 0.5) is 0 Å². The first kappa shape index (κ1) is 13.5. The fourth-order valence-corrected chi connectivity index (χ4v) is 2.27. The first-order chi connectivity index (χ1) is 8.75. The van der Waals surface area contributed by atoms with Crippen LogP contribution in [0.5, 0.6) is 0 Å². The Morgan fingerprint density at radius 2 is 2.17 bits per heavy atom. The van der Waals surface area contributed by atoms with E-state index < -0.39 is 0 Å². The highest BCUT2D eigenvalue weighted by Gasteiger charge is 2.10. The molecule has 0 radical (unpaired) electrons. The maximum atomic E-state index is 4.45. The molecule has 0 atom stereocenters. The van der Waals surface area contributed by atoms with E-state index in [1.54, 1.807) is 0 Å². The highest BCUT2D eigenvalue weighted by atomic mass is 15.2. The zero-order chi connectivity index (χ0) is 12.8. The van der Waals surface area contributed by atoms with E-state index in [1.807, 2.05) is 12.3 Å². The summed E-state index contributed by atoms with van der Waals surface area (Å²) in [6, 6.07) is 4.13. The second-order valence-corrected chi connectivity index (χ2v) is 5.10. The minimum Gasteiger partial charge on any atom is -0.314 e. The molecule has 2 heterocycles. The van der Waals surface area contributed by atoms with Crippen LogP contribution in [-0.2, 0) is 6.54 Å². The van der Waals surface area contributed by atoms with Crippen LogP contribution in [-0.4, -0.2) is 61.1 Å². The van der Waals surface area contributed by atoms with E-state index in [1.165, 1.54) is 24.3 Å². The van der Waals surface area contributed by atoms with Gasteiger partial charge in [0.05, 0.1) is 5.69 Å². The van der Waals surface area contributed by atoms with E-state index in [-0.39, 0.29) is 0 Å². The van der Waals surface area contributed by atoms with Crippen molar-refractivity contribution < 1.29 is 0 Å². The Labute approximate surface area is 110 Å². The highest BCUT2D eigenvalue weighted by molar-refractivity contribution is 5.17. The molecule has 0 aliphatic carbocycles. The van der Waals surface area contributed by atoms with Gasteiger partial charge >= 0.3 is 0 Å². The second kappa shape index (κ2) is 6.83. The average molecular weight is 248 g/mol. The molecule has 4 nitrogen and oxygen atoms in total. The van der Waals surface area contributed by atoms with E-state index in [0.29, 0.717) is 0 Å². The number of hydrogen-bond acceptors (Lipinski definition) is 4. The molecule has 4 heteroatoms. The maximum Gasteiger partial charge on any atom is 0.0572 e. The summed E-state index contributed by atoms with van der Waals surface area (Å²) < 4.78 is 0. The van der Waals surface area contributed by atoms with Crippen molar-refractivity contribution in [2.24, 2.45) is 0 Å². The fraction of sp³-hybridized carbons (Fsp3) is 0.643. The summed E-state index contributed by atoms with van der Waals surface area (Å²) in [6.07, 6.45) is 1.88. The van der Waals surface area contributed by atoms with E-state index in [4.69, 9.17) is 0 Å². The summed E-state index contributed by atoms with van der Waals surface area (Å²) in [7, 11) is 2.18. The molecule has 0 spiro atoms. The zero-order valence-electron chi connectivity index (χ0n) is 11.5. The standard InChI is InChI=1S/C14H24N4/c1-13-4-3-5-16-14(13)12-17(2)10-11-18-8-6-15-7-9-18/h3-5,15H,6-12H2,1-2H3. The number of hydrogen-bond donors (Lipinski definition) is 1. The van der Waals surface area contributed by atoms with Gasteiger partial charge in [-0.15, -0.1) is 0 Å². The third kappa shape index (κ3) is 4.05. The normalized spacial score (nSPS) is 17.3. The Hall–Kier alpha value is -0.970. The van der Waals surface area contributed by atoms with Gasteiger partial charge in [0.1, 0.15) is 0 Å². The number of aromatic nitrogens is 1. The molecule has 1 aliphatic heterocycles. The van der Waals surface area contributed by atoms with E-state index >= 15 is 0 Å². The molecule has 1 aromatic rings. The number of pyridine rings is 1. The lowest BCUT2D eigenvalue weighted by atomic mass is 10.2. The van der Waals surface area contributed by atoms with Gasteiger partial charge in [-0.3, -0.25) is 14.8 Å². The van der Waals surface area contributed by atoms with E-state index in [0.717, 1.165) is 32.7 Å². The Kier molecular flexibility index (Phi) is 5.11. The van der Waals surface area contributed by atoms with Gasteiger partial charge in [-0.1, -0.05) is 6.07 Å². The van der Waals surface area contributed by atoms with Crippen LogP contribution in [0, 0.1) is 6.92 Å². The van der Waals surface area contributed by atoms with Crippen molar-refractivity contribution in [2.45, 2.75) is 13.5 Å². The lowest BCUT2D eigenvalue weighted by Crippen LogP contribution is -2.45. The average Bonchev–Trinajstić information content (AvgIpc) is 2.40. The number of piperazine rings is 1. The molecule has 0 unspecified atom stereocenters. The smallest absolute Gasteiger partial charge is 0.0572 e. The Bertz CT molecular complexity index is 361. The fourth-order valence-electron chi connectivity index (χ4n) is 2.27. The monoisotopic (exact) mass is 248 g/mol. The maximum absolute atomic E-state index is 4.45. The topological polar surface area (TPSA) is 31.4 Å². The van der Waals surface area contributed by atoms with Gasteiger partial charge in [0, 0.05) is 52.0 Å². The van der Waals surface area contributed by atoms with Gasteiger partial charge in [0.2, 0.25) is 0 Å². The van der Waals surface area contributed by atoms with Crippen LogP contribution in [0.25, 0.3) is 0 Å². The molecule has 1 aliphatic rings. The predicted molar refractivity (Wildman–Crippen MR) is 74.6 cm³/mol. The lowest BCUT2D eigenvalue weighted by molar-refractivity contribution is 0.201. The lowest BCUT2D eigenvalue weighted by Gasteiger charge is -2.29. The van der Waals surface area contributed by atoms with Crippen molar-refractivity contribution in [1.29, 1.82) is 0 Å². The third-order valence-electron chi connectivity index (χ3n) is 3.55. The number of nitrogens with one attached hydrogen (secondary N) is 1. The van der Waals surface area contributed by atoms with Crippen LogP contribution in [0.1, 0.15) is 11.3 Å². The van der Waals surface area contributed by atoms with Crippen molar-refractivity contribution in [3.05, 3.63) is 29.6 Å². The Balaban J connectivity index is 1.74. The van der Waals surface area contributed by atoms with Gasteiger partial charge < -0.3 is 5.32 Å². The zero-order valence-corrected chi connectivity index (χ0v) is 11.5. The summed E-state index contributed by atoms with van der Waals surface area (Å²) in [5.74, 6) is 0. The quantitative estimate of drug-likeness (QED) is 0.832. The van der Waals surface area contributed by atoms with Crippen LogP contribution < -0.4 is 5.32 Å². The highest BCUT2D eigenvalue weighted by Crippen LogP contribution is 2.06. The van der Waals surface area contributed by atoms with Crippen molar-refractivity contribution in [1.82, 2.24) is 20.1 Å². The second-order valence-electron chi connectivity index (χ2n) is 5.10. The van der Waals surface area contributed by atoms with Crippen molar-refractivity contribution in [2.75, 3.05) is 46.3 Å². The number of nitrogens with zero attached hydrogens (tertiary/aromatic N) is 3. The molecule has 1 saturated heterocycles. The van der Waals surface area contributed by atoms with Crippen LogP contribution in [0.15, 0.2) is 18.3 Å². The van der Waals surface area contributed by atoms with Gasteiger partial charge in [0.25, 0.3) is 0 Å². The van der Waals surface area contributed by atoms with Crippen molar-refractivity contribution in [3.8, 4) is 0 Å². The number of rotatable bonds is 5. The molecule has 1 aromatic heterocycles. The first-order valence-corrected chi connectivity index (χ1v) is 6.78. The first-order valence-electron chi connectivity index (χ1n) is 6.78. The van der Waals surface area contributed by atoms with Gasteiger partial charge in [-0.05, 0) is 25.6 Å². The Morgan fingerprint density at radius 1 is 1.39 bits per heavy atom. The molecular formula is C14H24N4. The molecular weight excluding hydrogens is 224 g/mol. The summed E-state index contributed by atoms with van der Waals surface area (Å²) in [5, 5.41) is 3.38. The number of likely N-dealkylation sites (N-methyl/N-ethyl adjacent to an activating group) is 1. The molecule has 0 aromatic carbocycles. The Morgan fingerprint density at radius 3 is 2.89 bits per heavy atom. The molecule has 1 fully saturated rings. The minimum atomic E-state index is 0.943. The summed E-state index contributed by atoms with van der Waals surface area (Å²) >= 11 is 0. The molecule has 2 rings (SSSR count). The van der Waals surface area contributed by atoms with Gasteiger partial charge in [-0.2, -0.15) is 0 Å². The van der Waals surface area contributed by atoms with E-state index in [9.17, 15) is 0 Å². The molecule has 1 N–H and O–H groups in total. The molecule has 0 saturated carbocycles.